The Labute approximate surface area is 263 Å². The number of alkyl halides is 2. The van der Waals surface area contributed by atoms with Crippen LogP contribution in [-0.4, -0.2) is 72.1 Å². The lowest BCUT2D eigenvalue weighted by molar-refractivity contribution is -0.149. The van der Waals surface area contributed by atoms with Crippen molar-refractivity contribution in [2.24, 2.45) is 11.3 Å². The van der Waals surface area contributed by atoms with Crippen molar-refractivity contribution in [3.05, 3.63) is 66.0 Å². The molecule has 0 aliphatic carbocycles. The maximum atomic E-state index is 14.2. The van der Waals surface area contributed by atoms with Gasteiger partial charge in [0.05, 0.1) is 12.6 Å². The summed E-state index contributed by atoms with van der Waals surface area (Å²) < 4.78 is 41.4. The third kappa shape index (κ3) is 14.8. The highest BCUT2D eigenvalue weighted by Gasteiger charge is 2.40. The van der Waals surface area contributed by atoms with E-state index in [1.165, 1.54) is 18.9 Å². The number of rotatable bonds is 9. The molecular weight excluding hydrogens is 587 g/mol. The Kier molecular flexibility index (Phi) is 15.3. The van der Waals surface area contributed by atoms with E-state index < -0.39 is 48.0 Å². The number of hydrogen-bond donors (Lipinski definition) is 2. The molecule has 3 atom stereocenters. The molecule has 246 valence electrons. The van der Waals surface area contributed by atoms with E-state index in [1.54, 1.807) is 0 Å². The number of likely N-dealkylation sites (tertiary alicyclic amines) is 1. The zero-order valence-electron chi connectivity index (χ0n) is 26.9. The maximum absolute atomic E-state index is 14.2. The van der Waals surface area contributed by atoms with Crippen molar-refractivity contribution < 1.29 is 32.3 Å². The third-order valence-corrected chi connectivity index (χ3v) is 6.12. The minimum Gasteiger partial charge on any atom is -0.339 e. The number of benzene rings is 2. The van der Waals surface area contributed by atoms with Crippen molar-refractivity contribution >= 4 is 29.8 Å². The fourth-order valence-corrected chi connectivity index (χ4v) is 4.05. The number of nitrogens with zero attached hydrogens (tertiary/aromatic N) is 3. The zero-order valence-corrected chi connectivity index (χ0v) is 26.9. The van der Waals surface area contributed by atoms with Gasteiger partial charge in [-0.3, -0.25) is 19.2 Å². The lowest BCUT2D eigenvalue weighted by atomic mass is 10.0. The Morgan fingerprint density at radius 2 is 1.64 bits per heavy atom. The number of para-hydroxylation sites is 1. The van der Waals surface area contributed by atoms with Gasteiger partial charge in [0.2, 0.25) is 18.2 Å². The summed E-state index contributed by atoms with van der Waals surface area (Å²) in [6, 6.07) is 13.8. The highest BCUT2D eigenvalue weighted by Crippen LogP contribution is 2.23. The number of halogens is 3. The normalized spacial score (nSPS) is 16.4. The minimum atomic E-state index is -3.81. The molecule has 0 saturated carbocycles. The second-order valence-electron chi connectivity index (χ2n) is 12.6. The van der Waals surface area contributed by atoms with Gasteiger partial charge in [0.25, 0.3) is 5.91 Å². The molecule has 12 heteroatoms. The first kappa shape index (κ1) is 38.6. The van der Waals surface area contributed by atoms with Crippen LogP contribution in [0, 0.1) is 28.5 Å². The summed E-state index contributed by atoms with van der Waals surface area (Å²) in [7, 11) is 1.32. The topological polar surface area (TPSA) is 123 Å². The molecule has 0 radical (unpaired) electrons. The molecule has 1 aliphatic rings. The Balaban J connectivity index is 0.000000593. The molecule has 1 saturated heterocycles. The van der Waals surface area contributed by atoms with Crippen molar-refractivity contribution in [2.75, 3.05) is 25.5 Å². The first-order valence-electron chi connectivity index (χ1n) is 14.5. The molecule has 4 amide bonds. The van der Waals surface area contributed by atoms with Crippen LogP contribution in [0.25, 0.3) is 0 Å². The maximum Gasteiger partial charge on any atom is 0.328 e. The van der Waals surface area contributed by atoms with Gasteiger partial charge in [0.1, 0.15) is 17.9 Å². The van der Waals surface area contributed by atoms with E-state index in [0.717, 1.165) is 34.9 Å². The van der Waals surface area contributed by atoms with Gasteiger partial charge in [0.15, 0.2) is 0 Å². The van der Waals surface area contributed by atoms with Gasteiger partial charge < -0.3 is 20.4 Å². The van der Waals surface area contributed by atoms with Crippen LogP contribution in [0.2, 0.25) is 0 Å². The van der Waals surface area contributed by atoms with Crippen molar-refractivity contribution in [2.45, 2.75) is 72.4 Å². The predicted octanol–water partition coefficient (Wildman–Crippen LogP) is 5.03. The number of hydrogen-bond acceptors (Lipinski definition) is 5. The van der Waals surface area contributed by atoms with Gasteiger partial charge in [0, 0.05) is 25.7 Å². The van der Waals surface area contributed by atoms with Gasteiger partial charge in [-0.25, -0.2) is 4.39 Å². The van der Waals surface area contributed by atoms with E-state index in [0.29, 0.717) is 24.8 Å². The summed E-state index contributed by atoms with van der Waals surface area (Å²) in [6.45, 7) is 12.0. The average molecular weight is 632 g/mol. The molecular formula is C33H44F3N5O4. The van der Waals surface area contributed by atoms with E-state index in [9.17, 15) is 32.3 Å². The Hall–Kier alpha value is -4.40. The molecule has 3 rings (SSSR count). The Morgan fingerprint density at radius 1 is 1.09 bits per heavy atom. The van der Waals surface area contributed by atoms with Crippen LogP contribution in [-0.2, 0) is 25.6 Å². The van der Waals surface area contributed by atoms with Crippen LogP contribution in [0.3, 0.4) is 0 Å². The molecule has 0 aromatic heterocycles. The van der Waals surface area contributed by atoms with Crippen LogP contribution in [0.4, 0.5) is 18.9 Å². The number of carbonyl (C=O) groups is 4. The highest BCUT2D eigenvalue weighted by atomic mass is 19.3. The minimum absolute atomic E-state index is 0.0649. The molecule has 45 heavy (non-hydrogen) atoms. The van der Waals surface area contributed by atoms with E-state index in [-0.39, 0.29) is 18.0 Å². The zero-order chi connectivity index (χ0) is 34.4. The monoisotopic (exact) mass is 631 g/mol. The van der Waals surface area contributed by atoms with E-state index in [1.807, 2.05) is 42.6 Å². The lowest BCUT2D eigenvalue weighted by Crippen LogP contribution is -2.52. The smallest absolute Gasteiger partial charge is 0.328 e. The van der Waals surface area contributed by atoms with Crippen molar-refractivity contribution in [1.29, 1.82) is 5.26 Å². The second kappa shape index (κ2) is 17.8. The molecule has 3 unspecified atom stereocenters. The van der Waals surface area contributed by atoms with Crippen LogP contribution < -0.4 is 10.6 Å². The summed E-state index contributed by atoms with van der Waals surface area (Å²) in [6.07, 6.45) is 0.266. The molecule has 2 N–H and O–H groups in total. The van der Waals surface area contributed by atoms with Gasteiger partial charge in [-0.15, -0.1) is 0 Å². The van der Waals surface area contributed by atoms with Gasteiger partial charge in [-0.05, 0) is 54.5 Å². The summed E-state index contributed by atoms with van der Waals surface area (Å²) in [5, 5.41) is 13.7. The largest absolute Gasteiger partial charge is 0.339 e. The van der Waals surface area contributed by atoms with Gasteiger partial charge in [-0.1, -0.05) is 65.0 Å². The molecule has 2 aromatic carbocycles. The SMILES string of the molecule is CC(C)(C)C.CC1CC(C#N)N(C(=O)CN(C)C(=O)C(C)NC(=O)C(F)(F)Cc2ccc(F)cc2)C1.O=CNc1ccccc1. The summed E-state index contributed by atoms with van der Waals surface area (Å²) in [4.78, 5) is 49.2. The summed E-state index contributed by atoms with van der Waals surface area (Å²) in [5.41, 5.74) is 1.39. The van der Waals surface area contributed by atoms with Crippen LogP contribution in [0.1, 0.15) is 53.5 Å². The van der Waals surface area contributed by atoms with Gasteiger partial charge in [-0.2, -0.15) is 14.0 Å². The first-order valence-corrected chi connectivity index (χ1v) is 14.5. The van der Waals surface area contributed by atoms with Crippen LogP contribution in [0.15, 0.2) is 54.6 Å². The number of likely N-dealkylation sites (N-methyl/N-ethyl adjacent to an activating group) is 1. The third-order valence-electron chi connectivity index (χ3n) is 6.12. The van der Waals surface area contributed by atoms with Crippen LogP contribution in [0.5, 0.6) is 0 Å². The molecule has 1 heterocycles. The number of nitriles is 1. The van der Waals surface area contributed by atoms with E-state index >= 15 is 0 Å². The summed E-state index contributed by atoms with van der Waals surface area (Å²) >= 11 is 0. The molecule has 1 fully saturated rings. The highest BCUT2D eigenvalue weighted by molar-refractivity contribution is 5.92. The molecule has 1 aliphatic heterocycles. The molecule has 9 nitrogen and oxygen atoms in total. The number of amides is 4. The predicted molar refractivity (Wildman–Crippen MR) is 166 cm³/mol. The second-order valence-corrected chi connectivity index (χ2v) is 12.6. The van der Waals surface area contributed by atoms with Gasteiger partial charge >= 0.3 is 5.92 Å². The van der Waals surface area contributed by atoms with Crippen LogP contribution >= 0.6 is 0 Å². The fourth-order valence-electron chi connectivity index (χ4n) is 4.05. The quantitative estimate of drug-likeness (QED) is 0.376. The molecule has 0 spiro atoms. The first-order chi connectivity index (χ1) is 20.9. The van der Waals surface area contributed by atoms with Crippen molar-refractivity contribution in [3.63, 3.8) is 0 Å². The molecule has 2 aromatic rings. The Morgan fingerprint density at radius 3 is 2.16 bits per heavy atom. The van der Waals surface area contributed by atoms with E-state index in [4.69, 9.17) is 5.26 Å². The fraction of sp³-hybridized carbons (Fsp3) is 0.485. The van der Waals surface area contributed by atoms with Crippen molar-refractivity contribution in [3.8, 4) is 6.07 Å². The average Bonchev–Trinajstić information content (AvgIpc) is 3.34. The number of carbonyl (C=O) groups excluding carboxylic acids is 4. The van der Waals surface area contributed by atoms with E-state index in [2.05, 4.69) is 39.1 Å². The Bertz CT molecular complexity index is 1290. The van der Waals surface area contributed by atoms with Crippen molar-refractivity contribution in [1.82, 2.24) is 15.1 Å². The number of anilines is 1. The lowest BCUT2D eigenvalue weighted by Gasteiger charge is -2.26. The molecule has 0 bridgehead atoms. The number of nitrogens with one attached hydrogen (secondary N) is 2. The summed E-state index contributed by atoms with van der Waals surface area (Å²) in [5.74, 6) is -7.02. The standard InChI is InChI=1S/C21H25F3N4O3.C7H7NO.C5H12/c1-13-8-17(10-25)28(11-13)18(29)12-27(3)19(30)14(2)26-20(31)21(23,24)9-15-4-6-16(22)7-5-15;9-6-8-7-4-2-1-3-5-7;1-5(2,3)4/h4-7,13-14,17H,8-9,11-12H2,1-3H3,(H,26,31);1-6H,(H,8,9);1-4H3.